The van der Waals surface area contributed by atoms with Crippen LogP contribution < -0.4 is 4.31 Å². The zero-order chi connectivity index (χ0) is 12.5. The first kappa shape index (κ1) is 12.7. The quantitative estimate of drug-likeness (QED) is 0.614. The molecular weight excluding hydrogens is 256 g/mol. The minimum atomic E-state index is -3.54. The van der Waals surface area contributed by atoms with Crippen LogP contribution in [0.4, 0.5) is 11.4 Å². The van der Waals surface area contributed by atoms with E-state index in [1.807, 2.05) is 0 Å². The van der Waals surface area contributed by atoms with Gasteiger partial charge in [0.1, 0.15) is 5.69 Å². The molecule has 0 heterocycles. The molecule has 16 heavy (non-hydrogen) atoms. The molecule has 0 saturated heterocycles. The Labute approximate surface area is 97.6 Å². The summed E-state index contributed by atoms with van der Waals surface area (Å²) in [6.07, 6.45) is 0.964. The van der Waals surface area contributed by atoms with Crippen molar-refractivity contribution in [1.82, 2.24) is 0 Å². The number of hydrogen-bond donors (Lipinski definition) is 0. The molecule has 0 aliphatic rings. The molecule has 0 aromatic heterocycles. The lowest BCUT2D eigenvalue weighted by Crippen LogP contribution is -2.25. The monoisotopic (exact) mass is 264 g/mol. The summed E-state index contributed by atoms with van der Waals surface area (Å²) in [6.45, 7) is 0. The lowest BCUT2D eigenvalue weighted by molar-refractivity contribution is -0.384. The summed E-state index contributed by atoms with van der Waals surface area (Å²) >= 11 is 5.61. The van der Waals surface area contributed by atoms with Gasteiger partial charge in [-0.2, -0.15) is 0 Å². The molecule has 0 N–H and O–H groups in total. The maximum absolute atomic E-state index is 11.3. The van der Waals surface area contributed by atoms with E-state index in [4.69, 9.17) is 11.6 Å². The van der Waals surface area contributed by atoms with E-state index in [2.05, 4.69) is 0 Å². The van der Waals surface area contributed by atoms with E-state index in [0.29, 0.717) is 0 Å². The van der Waals surface area contributed by atoms with Gasteiger partial charge in [0.25, 0.3) is 5.69 Å². The van der Waals surface area contributed by atoms with Gasteiger partial charge in [-0.25, -0.2) is 8.42 Å². The molecule has 0 radical (unpaired) electrons. The second kappa shape index (κ2) is 4.26. The maximum atomic E-state index is 11.3. The van der Waals surface area contributed by atoms with Gasteiger partial charge in [0.15, 0.2) is 0 Å². The normalized spacial score (nSPS) is 11.2. The highest BCUT2D eigenvalue weighted by Crippen LogP contribution is 2.31. The molecule has 1 aromatic rings. The predicted molar refractivity (Wildman–Crippen MR) is 61.4 cm³/mol. The summed E-state index contributed by atoms with van der Waals surface area (Å²) in [5.41, 5.74) is -0.364. The fraction of sp³-hybridized carbons (Fsp3) is 0.250. The molecule has 1 aromatic carbocycles. The van der Waals surface area contributed by atoms with Crippen LogP contribution in [-0.4, -0.2) is 26.6 Å². The zero-order valence-corrected chi connectivity index (χ0v) is 10.1. The molecule has 0 aliphatic carbocycles. The number of halogens is 1. The molecule has 0 fully saturated rings. The van der Waals surface area contributed by atoms with Crippen molar-refractivity contribution in [2.45, 2.75) is 0 Å². The van der Waals surface area contributed by atoms with Gasteiger partial charge in [0.05, 0.1) is 11.2 Å². The number of nitro benzene ring substituents is 1. The highest BCUT2D eigenvalue weighted by molar-refractivity contribution is 7.92. The van der Waals surface area contributed by atoms with Crippen LogP contribution in [0, 0.1) is 10.1 Å². The molecule has 8 heteroatoms. The van der Waals surface area contributed by atoms with Crippen LogP contribution in [0.25, 0.3) is 0 Å². The molecule has 0 spiro atoms. The minimum Gasteiger partial charge on any atom is -0.267 e. The van der Waals surface area contributed by atoms with Crippen molar-refractivity contribution < 1.29 is 13.3 Å². The van der Waals surface area contributed by atoms with Gasteiger partial charge in [-0.1, -0.05) is 11.6 Å². The van der Waals surface area contributed by atoms with Crippen LogP contribution in [0.2, 0.25) is 5.02 Å². The Kier molecular flexibility index (Phi) is 3.39. The number of nitro groups is 1. The van der Waals surface area contributed by atoms with Crippen molar-refractivity contribution in [3.63, 3.8) is 0 Å². The van der Waals surface area contributed by atoms with Crippen LogP contribution in [0.3, 0.4) is 0 Å². The van der Waals surface area contributed by atoms with Crippen LogP contribution in [0.5, 0.6) is 0 Å². The topological polar surface area (TPSA) is 80.5 Å². The molecule has 6 nitrogen and oxygen atoms in total. The average molecular weight is 265 g/mol. The second-order valence-corrected chi connectivity index (χ2v) is 5.57. The lowest BCUT2D eigenvalue weighted by Gasteiger charge is -2.16. The summed E-state index contributed by atoms with van der Waals surface area (Å²) in [7, 11) is -2.30. The van der Waals surface area contributed by atoms with E-state index in [-0.39, 0.29) is 16.4 Å². The molecule has 0 aliphatic heterocycles. The van der Waals surface area contributed by atoms with Crippen LogP contribution >= 0.6 is 11.6 Å². The molecule has 1 rings (SSSR count). The summed E-state index contributed by atoms with van der Waals surface area (Å²) < 4.78 is 23.4. The average Bonchev–Trinajstić information content (AvgIpc) is 2.15. The Morgan fingerprint density at radius 2 is 2.00 bits per heavy atom. The number of anilines is 1. The summed E-state index contributed by atoms with van der Waals surface area (Å²) in [6, 6.07) is 3.80. The van der Waals surface area contributed by atoms with Crippen molar-refractivity contribution in [2.24, 2.45) is 0 Å². The van der Waals surface area contributed by atoms with Gasteiger partial charge in [0.2, 0.25) is 10.0 Å². The highest BCUT2D eigenvalue weighted by atomic mass is 35.5. The molecular formula is C8H9ClN2O4S. The van der Waals surface area contributed by atoms with Crippen LogP contribution in [0.15, 0.2) is 18.2 Å². The van der Waals surface area contributed by atoms with Crippen molar-refractivity contribution in [2.75, 3.05) is 17.6 Å². The summed E-state index contributed by atoms with van der Waals surface area (Å²) in [5, 5.41) is 10.9. The van der Waals surface area contributed by atoms with Crippen molar-refractivity contribution in [3.05, 3.63) is 33.3 Å². The van der Waals surface area contributed by atoms with E-state index in [1.54, 1.807) is 0 Å². The van der Waals surface area contributed by atoms with Crippen LogP contribution in [0.1, 0.15) is 0 Å². The molecule has 0 saturated carbocycles. The van der Waals surface area contributed by atoms with Gasteiger partial charge >= 0.3 is 0 Å². The number of hydrogen-bond acceptors (Lipinski definition) is 4. The number of nitrogens with zero attached hydrogens (tertiary/aromatic N) is 2. The Morgan fingerprint density at radius 3 is 2.44 bits per heavy atom. The molecule has 0 bridgehead atoms. The predicted octanol–water partition coefficient (Wildman–Crippen LogP) is 1.64. The van der Waals surface area contributed by atoms with Gasteiger partial charge in [-0.3, -0.25) is 14.4 Å². The number of rotatable bonds is 3. The second-order valence-electron chi connectivity index (χ2n) is 3.12. The third kappa shape index (κ3) is 2.61. The fourth-order valence-corrected chi connectivity index (χ4v) is 1.77. The van der Waals surface area contributed by atoms with E-state index in [1.165, 1.54) is 19.2 Å². The van der Waals surface area contributed by atoms with Crippen LogP contribution in [-0.2, 0) is 10.0 Å². The zero-order valence-electron chi connectivity index (χ0n) is 8.55. The first-order chi connectivity index (χ1) is 7.23. The standard InChI is InChI=1S/C8H9ClN2O4S/c1-10(16(2,14)15)7-4-3-6(9)5-8(7)11(12)13/h3-5H,1-2H3. The Bertz CT molecular complexity index is 529. The van der Waals surface area contributed by atoms with Crippen molar-refractivity contribution >= 4 is 33.0 Å². The minimum absolute atomic E-state index is 0.0168. The third-order valence-electron chi connectivity index (χ3n) is 1.97. The van der Waals surface area contributed by atoms with Crippen molar-refractivity contribution in [1.29, 1.82) is 0 Å². The number of sulfonamides is 1. The summed E-state index contributed by atoms with van der Waals surface area (Å²) in [5.74, 6) is 0. The molecule has 0 amide bonds. The Hall–Kier alpha value is -1.34. The number of benzene rings is 1. The lowest BCUT2D eigenvalue weighted by atomic mass is 10.3. The Balaban J connectivity index is 3.40. The fourth-order valence-electron chi connectivity index (χ4n) is 1.09. The van der Waals surface area contributed by atoms with E-state index < -0.39 is 14.9 Å². The first-order valence-corrected chi connectivity index (χ1v) is 6.34. The van der Waals surface area contributed by atoms with Gasteiger partial charge in [0, 0.05) is 18.1 Å². The van der Waals surface area contributed by atoms with Crippen molar-refractivity contribution in [3.8, 4) is 0 Å². The molecule has 88 valence electrons. The first-order valence-electron chi connectivity index (χ1n) is 4.11. The smallest absolute Gasteiger partial charge is 0.267 e. The van der Waals surface area contributed by atoms with E-state index in [9.17, 15) is 18.5 Å². The van der Waals surface area contributed by atoms with Gasteiger partial charge in [-0.15, -0.1) is 0 Å². The SMILES string of the molecule is CN(c1ccc(Cl)cc1[N+](=O)[O-])S(C)(=O)=O. The maximum Gasteiger partial charge on any atom is 0.294 e. The highest BCUT2D eigenvalue weighted by Gasteiger charge is 2.22. The van der Waals surface area contributed by atoms with E-state index in [0.717, 1.165) is 16.6 Å². The van der Waals surface area contributed by atoms with E-state index >= 15 is 0 Å². The molecule has 0 atom stereocenters. The van der Waals surface area contributed by atoms with Gasteiger partial charge in [-0.05, 0) is 12.1 Å². The van der Waals surface area contributed by atoms with Gasteiger partial charge < -0.3 is 0 Å². The largest absolute Gasteiger partial charge is 0.294 e. The summed E-state index contributed by atoms with van der Waals surface area (Å²) in [4.78, 5) is 10.1. The molecule has 0 unspecified atom stereocenters. The third-order valence-corrected chi connectivity index (χ3v) is 3.40. The Morgan fingerprint density at radius 1 is 1.44 bits per heavy atom.